The molecule has 1 heterocycles. The molecular weight excluding hydrogens is 302 g/mol. The molecule has 24 heavy (non-hydrogen) atoms. The van der Waals surface area contributed by atoms with Crippen molar-refractivity contribution >= 4 is 5.97 Å². The van der Waals surface area contributed by atoms with E-state index >= 15 is 0 Å². The molecular formula is C20H39NO3. The fraction of sp³-hybridized carbons (Fsp3) is 0.950. The number of rotatable bonds is 14. The van der Waals surface area contributed by atoms with Crippen molar-refractivity contribution in [1.82, 2.24) is 4.90 Å². The lowest BCUT2D eigenvalue weighted by atomic mass is 10.0. The van der Waals surface area contributed by atoms with Crippen LogP contribution in [0.3, 0.4) is 0 Å². The van der Waals surface area contributed by atoms with Gasteiger partial charge in [-0.25, -0.2) is 0 Å². The van der Waals surface area contributed by atoms with Crippen molar-refractivity contribution in [2.75, 3.05) is 32.9 Å². The molecule has 0 N–H and O–H groups in total. The lowest BCUT2D eigenvalue weighted by Gasteiger charge is -2.33. The minimum atomic E-state index is -0.0668. The van der Waals surface area contributed by atoms with Gasteiger partial charge >= 0.3 is 5.97 Å². The van der Waals surface area contributed by atoms with Crippen LogP contribution in [0.1, 0.15) is 84.5 Å². The second kappa shape index (κ2) is 14.7. The van der Waals surface area contributed by atoms with E-state index in [0.717, 1.165) is 39.1 Å². The van der Waals surface area contributed by atoms with Crippen molar-refractivity contribution in [2.24, 2.45) is 0 Å². The molecule has 4 nitrogen and oxygen atoms in total. The molecule has 1 atom stereocenters. The zero-order valence-corrected chi connectivity index (χ0v) is 16.1. The molecule has 1 fully saturated rings. The zero-order chi connectivity index (χ0) is 17.5. The highest BCUT2D eigenvalue weighted by Gasteiger charge is 2.27. The Labute approximate surface area is 149 Å². The van der Waals surface area contributed by atoms with E-state index in [9.17, 15) is 4.79 Å². The number of nitrogens with zero attached hydrogens (tertiary/aromatic N) is 1. The summed E-state index contributed by atoms with van der Waals surface area (Å²) >= 11 is 0. The fourth-order valence-corrected chi connectivity index (χ4v) is 3.40. The third-order valence-corrected chi connectivity index (χ3v) is 4.88. The van der Waals surface area contributed by atoms with Crippen molar-refractivity contribution in [3.8, 4) is 0 Å². The molecule has 142 valence electrons. The minimum absolute atomic E-state index is 0.0460. The van der Waals surface area contributed by atoms with Crippen LogP contribution < -0.4 is 0 Å². The first-order valence-electron chi connectivity index (χ1n) is 10.3. The molecule has 0 saturated carbocycles. The predicted molar refractivity (Wildman–Crippen MR) is 99.3 cm³/mol. The van der Waals surface area contributed by atoms with Crippen molar-refractivity contribution < 1.29 is 14.3 Å². The Morgan fingerprint density at radius 1 is 0.917 bits per heavy atom. The average Bonchev–Trinajstić information content (AvgIpc) is 2.60. The smallest absolute Gasteiger partial charge is 0.323 e. The van der Waals surface area contributed by atoms with Gasteiger partial charge in [0, 0.05) is 13.1 Å². The molecule has 0 aromatic heterocycles. The number of esters is 1. The van der Waals surface area contributed by atoms with Gasteiger partial charge < -0.3 is 9.47 Å². The number of hydrogen-bond donors (Lipinski definition) is 0. The van der Waals surface area contributed by atoms with Gasteiger partial charge in [-0.2, -0.15) is 0 Å². The summed E-state index contributed by atoms with van der Waals surface area (Å²) in [5.74, 6) is -0.0460. The van der Waals surface area contributed by atoms with Crippen LogP contribution in [0.5, 0.6) is 0 Å². The first-order chi connectivity index (χ1) is 11.8. The number of hydrogen-bond acceptors (Lipinski definition) is 4. The highest BCUT2D eigenvalue weighted by molar-refractivity contribution is 5.75. The highest BCUT2D eigenvalue weighted by atomic mass is 16.5. The Hall–Kier alpha value is -0.610. The third-order valence-electron chi connectivity index (χ3n) is 4.88. The van der Waals surface area contributed by atoms with Crippen LogP contribution in [0.25, 0.3) is 0 Å². The normalized spacial score (nSPS) is 16.9. The summed E-state index contributed by atoms with van der Waals surface area (Å²) in [6.07, 6.45) is 14.2. The number of carbonyl (C=O) groups excluding carboxylic acids is 1. The summed E-state index contributed by atoms with van der Waals surface area (Å²) in [5, 5.41) is 0. The van der Waals surface area contributed by atoms with Crippen LogP contribution >= 0.6 is 0 Å². The van der Waals surface area contributed by atoms with Gasteiger partial charge in [-0.05, 0) is 13.3 Å². The Balaban J connectivity index is 2.12. The Morgan fingerprint density at radius 2 is 1.46 bits per heavy atom. The second-order valence-electron chi connectivity index (χ2n) is 6.89. The summed E-state index contributed by atoms with van der Waals surface area (Å²) in [7, 11) is 0. The van der Waals surface area contributed by atoms with Crippen molar-refractivity contribution in [2.45, 2.75) is 90.5 Å². The van der Waals surface area contributed by atoms with E-state index in [0.29, 0.717) is 6.61 Å². The quantitative estimate of drug-likeness (QED) is 0.343. The first-order valence-corrected chi connectivity index (χ1v) is 10.3. The topological polar surface area (TPSA) is 38.8 Å². The largest absolute Gasteiger partial charge is 0.465 e. The van der Waals surface area contributed by atoms with Gasteiger partial charge in [-0.1, -0.05) is 71.1 Å². The molecule has 0 spiro atoms. The SMILES string of the molecule is CCCCCCCCCCCCC(C(=O)OCC)N1CCOCC1. The van der Waals surface area contributed by atoms with E-state index < -0.39 is 0 Å². The van der Waals surface area contributed by atoms with E-state index in [1.807, 2.05) is 6.92 Å². The summed E-state index contributed by atoms with van der Waals surface area (Å²) < 4.78 is 10.7. The van der Waals surface area contributed by atoms with E-state index in [1.54, 1.807) is 0 Å². The lowest BCUT2D eigenvalue weighted by Crippen LogP contribution is -2.48. The average molecular weight is 342 g/mol. The summed E-state index contributed by atoms with van der Waals surface area (Å²) in [4.78, 5) is 14.5. The summed E-state index contributed by atoms with van der Waals surface area (Å²) in [6, 6.07) is -0.0668. The molecule has 0 amide bonds. The summed E-state index contributed by atoms with van der Waals surface area (Å²) in [5.41, 5.74) is 0. The van der Waals surface area contributed by atoms with Crippen LogP contribution in [0.15, 0.2) is 0 Å². The third kappa shape index (κ3) is 9.63. The van der Waals surface area contributed by atoms with Gasteiger partial charge in [-0.15, -0.1) is 0 Å². The zero-order valence-electron chi connectivity index (χ0n) is 16.1. The van der Waals surface area contributed by atoms with Gasteiger partial charge in [0.1, 0.15) is 6.04 Å². The van der Waals surface area contributed by atoms with Crippen molar-refractivity contribution in [1.29, 1.82) is 0 Å². The van der Waals surface area contributed by atoms with Crippen LogP contribution in [0.4, 0.5) is 0 Å². The molecule has 1 aliphatic rings. The number of ether oxygens (including phenoxy) is 2. The molecule has 1 rings (SSSR count). The Bertz CT molecular complexity index is 303. The van der Waals surface area contributed by atoms with Gasteiger partial charge in [0.25, 0.3) is 0 Å². The molecule has 1 saturated heterocycles. The van der Waals surface area contributed by atoms with Gasteiger partial charge in [-0.3, -0.25) is 9.69 Å². The molecule has 4 heteroatoms. The number of unbranched alkanes of at least 4 members (excludes halogenated alkanes) is 9. The van der Waals surface area contributed by atoms with Gasteiger partial charge in [0.05, 0.1) is 19.8 Å². The van der Waals surface area contributed by atoms with E-state index in [-0.39, 0.29) is 12.0 Å². The standard InChI is InChI=1S/C20H39NO3/c1-3-5-6-7-8-9-10-11-12-13-14-19(20(22)24-4-2)21-15-17-23-18-16-21/h19H,3-18H2,1-2H3. The van der Waals surface area contributed by atoms with Crippen LogP contribution in [0, 0.1) is 0 Å². The van der Waals surface area contributed by atoms with E-state index in [4.69, 9.17) is 9.47 Å². The Kier molecular flexibility index (Phi) is 13.1. The summed E-state index contributed by atoms with van der Waals surface area (Å²) in [6.45, 7) is 7.78. The molecule has 0 aromatic carbocycles. The monoisotopic (exact) mass is 341 g/mol. The van der Waals surface area contributed by atoms with E-state index in [1.165, 1.54) is 57.8 Å². The molecule has 0 bridgehead atoms. The maximum Gasteiger partial charge on any atom is 0.323 e. The fourth-order valence-electron chi connectivity index (χ4n) is 3.40. The minimum Gasteiger partial charge on any atom is -0.465 e. The van der Waals surface area contributed by atoms with Crippen LogP contribution in [-0.4, -0.2) is 49.8 Å². The Morgan fingerprint density at radius 3 is 2.00 bits per heavy atom. The first kappa shape index (κ1) is 21.4. The molecule has 1 unspecified atom stereocenters. The number of morpholine rings is 1. The lowest BCUT2D eigenvalue weighted by molar-refractivity contribution is -0.151. The molecule has 0 aliphatic carbocycles. The maximum atomic E-state index is 12.2. The molecule has 0 aromatic rings. The highest BCUT2D eigenvalue weighted by Crippen LogP contribution is 2.16. The van der Waals surface area contributed by atoms with Crippen LogP contribution in [0.2, 0.25) is 0 Å². The van der Waals surface area contributed by atoms with Crippen LogP contribution in [-0.2, 0) is 14.3 Å². The molecule has 0 radical (unpaired) electrons. The van der Waals surface area contributed by atoms with Crippen molar-refractivity contribution in [3.05, 3.63) is 0 Å². The van der Waals surface area contributed by atoms with Gasteiger partial charge in [0.2, 0.25) is 0 Å². The van der Waals surface area contributed by atoms with Gasteiger partial charge in [0.15, 0.2) is 0 Å². The molecule has 1 aliphatic heterocycles. The second-order valence-corrected chi connectivity index (χ2v) is 6.89. The maximum absolute atomic E-state index is 12.2. The predicted octanol–water partition coefficient (Wildman–Crippen LogP) is 4.56. The number of carbonyl (C=O) groups is 1. The van der Waals surface area contributed by atoms with Crippen molar-refractivity contribution in [3.63, 3.8) is 0 Å². The van der Waals surface area contributed by atoms with E-state index in [2.05, 4.69) is 11.8 Å².